The number of nitrogens with one attached hydrogen (secondary N) is 1. The first-order valence-electron chi connectivity index (χ1n) is 5.74. The van der Waals surface area contributed by atoms with Crippen molar-refractivity contribution in [2.45, 2.75) is 26.8 Å². The zero-order valence-corrected chi connectivity index (χ0v) is 10.4. The van der Waals surface area contributed by atoms with Crippen molar-refractivity contribution in [2.24, 2.45) is 0 Å². The lowest BCUT2D eigenvalue weighted by Crippen LogP contribution is -2.46. The Balaban J connectivity index is 2.35. The normalized spacial score (nSPS) is 18.4. The molecule has 0 bridgehead atoms. The summed E-state index contributed by atoms with van der Waals surface area (Å²) in [7, 11) is 0. The second-order valence-electron chi connectivity index (χ2n) is 4.49. The van der Waals surface area contributed by atoms with Crippen molar-refractivity contribution in [3.63, 3.8) is 0 Å². The fourth-order valence-electron chi connectivity index (χ4n) is 1.86. The summed E-state index contributed by atoms with van der Waals surface area (Å²) in [6, 6.07) is 1.78. The van der Waals surface area contributed by atoms with E-state index in [2.05, 4.69) is 35.1 Å². The highest BCUT2D eigenvalue weighted by molar-refractivity contribution is 6.03. The van der Waals surface area contributed by atoms with Crippen molar-refractivity contribution in [1.29, 1.82) is 0 Å². The molecule has 1 aliphatic rings. The monoisotopic (exact) mass is 231 g/mol. The van der Waals surface area contributed by atoms with Crippen LogP contribution in [0.25, 0.3) is 0 Å². The third kappa shape index (κ3) is 2.30. The second-order valence-corrected chi connectivity index (χ2v) is 4.49. The molecule has 2 heterocycles. The lowest BCUT2D eigenvalue weighted by Gasteiger charge is -2.35. The maximum atomic E-state index is 11.8. The second kappa shape index (κ2) is 4.57. The van der Waals surface area contributed by atoms with Gasteiger partial charge in [0, 0.05) is 12.7 Å². The zero-order chi connectivity index (χ0) is 12.4. The van der Waals surface area contributed by atoms with Crippen molar-refractivity contribution in [3.05, 3.63) is 30.1 Å². The number of hydrogen-bond donors (Lipinski definition) is 1. The van der Waals surface area contributed by atoms with Gasteiger partial charge in [0.25, 0.3) is 0 Å². The van der Waals surface area contributed by atoms with Gasteiger partial charge in [-0.2, -0.15) is 0 Å². The molecular weight excluding hydrogens is 214 g/mol. The van der Waals surface area contributed by atoms with E-state index in [0.29, 0.717) is 0 Å². The number of allylic oxidation sites excluding steroid dienone is 1. The van der Waals surface area contributed by atoms with Gasteiger partial charge in [0.05, 0.1) is 17.6 Å². The fourth-order valence-corrected chi connectivity index (χ4v) is 1.86. The molecule has 4 nitrogen and oxygen atoms in total. The topological polar surface area (TPSA) is 45.2 Å². The first-order chi connectivity index (χ1) is 8.09. The van der Waals surface area contributed by atoms with Gasteiger partial charge in [0.15, 0.2) is 0 Å². The Morgan fingerprint density at radius 1 is 1.59 bits per heavy atom. The van der Waals surface area contributed by atoms with Crippen LogP contribution in [0, 0.1) is 0 Å². The molecule has 0 aliphatic carbocycles. The van der Waals surface area contributed by atoms with Crippen LogP contribution in [0.1, 0.15) is 20.8 Å². The molecule has 1 N–H and O–H groups in total. The number of rotatable bonds is 2. The molecule has 1 aliphatic heterocycles. The highest BCUT2D eigenvalue weighted by Crippen LogP contribution is 2.30. The Hall–Kier alpha value is -1.84. The zero-order valence-electron chi connectivity index (χ0n) is 10.4. The van der Waals surface area contributed by atoms with Crippen LogP contribution < -0.4 is 10.2 Å². The molecule has 1 aromatic heterocycles. The number of carbonyl (C=O) groups excluding carboxylic acids is 1. The summed E-state index contributed by atoms with van der Waals surface area (Å²) in [6.45, 7) is 6.77. The summed E-state index contributed by atoms with van der Waals surface area (Å²) < 4.78 is 0. The first kappa shape index (κ1) is 11.6. The van der Waals surface area contributed by atoms with Crippen LogP contribution in [0.5, 0.6) is 0 Å². The number of aromatic nitrogens is 1. The summed E-state index contributed by atoms with van der Waals surface area (Å²) in [5.41, 5.74) is 3.07. The minimum absolute atomic E-state index is 0.0210. The molecule has 90 valence electrons. The van der Waals surface area contributed by atoms with Crippen molar-refractivity contribution >= 4 is 17.3 Å². The van der Waals surface area contributed by atoms with Gasteiger partial charge >= 0.3 is 0 Å². The van der Waals surface area contributed by atoms with E-state index >= 15 is 0 Å². The summed E-state index contributed by atoms with van der Waals surface area (Å²) >= 11 is 0. The molecule has 4 heteroatoms. The van der Waals surface area contributed by atoms with Gasteiger partial charge in [0.2, 0.25) is 5.91 Å². The molecule has 0 fully saturated rings. The summed E-state index contributed by atoms with van der Waals surface area (Å²) in [4.78, 5) is 17.9. The van der Waals surface area contributed by atoms with E-state index in [1.807, 2.05) is 13.0 Å². The number of nitrogens with zero attached hydrogens (tertiary/aromatic N) is 2. The van der Waals surface area contributed by atoms with Crippen LogP contribution in [-0.2, 0) is 4.79 Å². The number of hydrogen-bond acceptors (Lipinski definition) is 3. The lowest BCUT2D eigenvalue weighted by molar-refractivity contribution is -0.117. The summed E-state index contributed by atoms with van der Waals surface area (Å²) in [5.74, 6) is 0.0210. The van der Waals surface area contributed by atoms with Crippen LogP contribution in [0.4, 0.5) is 11.4 Å². The Kier molecular flexibility index (Phi) is 3.13. The molecule has 1 amide bonds. The van der Waals surface area contributed by atoms with E-state index in [1.165, 1.54) is 5.57 Å². The molecular formula is C13H17N3O. The molecule has 0 aromatic carbocycles. The predicted molar refractivity (Wildman–Crippen MR) is 69.1 cm³/mol. The quantitative estimate of drug-likeness (QED) is 0.794. The highest BCUT2D eigenvalue weighted by Gasteiger charge is 2.28. The Morgan fingerprint density at radius 3 is 3.06 bits per heavy atom. The fraction of sp³-hybridized carbons (Fsp3) is 0.385. The van der Waals surface area contributed by atoms with Gasteiger partial charge in [-0.25, -0.2) is 0 Å². The average molecular weight is 231 g/mol. The Bertz CT molecular complexity index is 463. The first-order valence-corrected chi connectivity index (χ1v) is 5.74. The van der Waals surface area contributed by atoms with Crippen LogP contribution in [0.2, 0.25) is 0 Å². The predicted octanol–water partition coefficient (Wildman–Crippen LogP) is 2.19. The van der Waals surface area contributed by atoms with Gasteiger partial charge < -0.3 is 10.2 Å². The van der Waals surface area contributed by atoms with Crippen LogP contribution in [0.3, 0.4) is 0 Å². The lowest BCUT2D eigenvalue weighted by atomic mass is 10.1. The van der Waals surface area contributed by atoms with E-state index in [4.69, 9.17) is 0 Å². The molecule has 2 rings (SSSR count). The Morgan fingerprint density at radius 2 is 2.35 bits per heavy atom. The van der Waals surface area contributed by atoms with E-state index < -0.39 is 0 Å². The van der Waals surface area contributed by atoms with Crippen LogP contribution in [0.15, 0.2) is 30.1 Å². The Labute approximate surface area is 101 Å². The summed E-state index contributed by atoms with van der Waals surface area (Å²) in [6.07, 6.45) is 5.56. The molecule has 1 aromatic rings. The van der Waals surface area contributed by atoms with E-state index in [9.17, 15) is 4.79 Å². The van der Waals surface area contributed by atoms with Gasteiger partial charge in [-0.15, -0.1) is 0 Å². The maximum absolute atomic E-state index is 11.8. The highest BCUT2D eigenvalue weighted by atomic mass is 16.2. The molecule has 1 atom stereocenters. The molecule has 1 unspecified atom stereocenters. The number of pyridine rings is 1. The molecule has 0 saturated carbocycles. The molecule has 17 heavy (non-hydrogen) atoms. The van der Waals surface area contributed by atoms with E-state index in [0.717, 1.165) is 17.9 Å². The van der Waals surface area contributed by atoms with Crippen molar-refractivity contribution in [3.8, 4) is 0 Å². The van der Waals surface area contributed by atoms with Gasteiger partial charge in [0.1, 0.15) is 6.04 Å². The minimum Gasteiger partial charge on any atom is -0.354 e. The number of anilines is 2. The van der Waals surface area contributed by atoms with Gasteiger partial charge in [-0.1, -0.05) is 11.6 Å². The minimum atomic E-state index is -0.152. The standard InChI is InChI=1S/C13H17N3O/c1-9(2)5-7-16-10(3)13(17)15-11-8-14-6-4-12(11)16/h4-6,8,10H,7H2,1-3H3,(H,15,17). The molecule has 0 saturated heterocycles. The largest absolute Gasteiger partial charge is 0.354 e. The number of amides is 1. The van der Waals surface area contributed by atoms with Crippen molar-refractivity contribution < 1.29 is 4.79 Å². The molecule has 0 radical (unpaired) electrons. The van der Waals surface area contributed by atoms with Gasteiger partial charge in [-0.3, -0.25) is 9.78 Å². The van der Waals surface area contributed by atoms with Crippen molar-refractivity contribution in [1.82, 2.24) is 4.98 Å². The third-order valence-electron chi connectivity index (χ3n) is 2.91. The summed E-state index contributed by atoms with van der Waals surface area (Å²) in [5, 5.41) is 2.86. The van der Waals surface area contributed by atoms with E-state index in [1.54, 1.807) is 12.4 Å². The van der Waals surface area contributed by atoms with Crippen LogP contribution in [-0.4, -0.2) is 23.5 Å². The molecule has 0 spiro atoms. The van der Waals surface area contributed by atoms with E-state index in [-0.39, 0.29) is 11.9 Å². The van der Waals surface area contributed by atoms with Gasteiger partial charge in [-0.05, 0) is 26.8 Å². The van der Waals surface area contributed by atoms with Crippen molar-refractivity contribution in [2.75, 3.05) is 16.8 Å². The third-order valence-corrected chi connectivity index (χ3v) is 2.91. The SMILES string of the molecule is CC(C)=CCN1c2ccncc2NC(=O)C1C. The smallest absolute Gasteiger partial charge is 0.246 e. The van der Waals surface area contributed by atoms with Crippen LogP contribution >= 0.6 is 0 Å². The number of carbonyl (C=O) groups is 1. The number of fused-ring (bicyclic) bond motifs is 1. The maximum Gasteiger partial charge on any atom is 0.246 e. The average Bonchev–Trinajstić information content (AvgIpc) is 2.29.